The lowest BCUT2D eigenvalue weighted by atomic mass is 10.1. The maximum Gasteiger partial charge on any atom is 0.359 e. The predicted molar refractivity (Wildman–Crippen MR) is 74.3 cm³/mol. The molecule has 6 heteroatoms. The number of carbonyl (C=O) groups excluding carboxylic acids is 1. The Morgan fingerprint density at radius 2 is 2.35 bits per heavy atom. The molecule has 0 spiro atoms. The lowest BCUT2D eigenvalue weighted by Crippen LogP contribution is -2.19. The number of nitrogens with zero attached hydrogens (tertiary/aromatic N) is 2. The fourth-order valence-corrected chi connectivity index (χ4v) is 2.54. The number of fused-ring (bicyclic) bond motifs is 1. The number of nitrogen functional groups attached to an aromatic ring is 1. The first-order valence-electron chi connectivity index (χ1n) is 6.68. The third-order valence-corrected chi connectivity index (χ3v) is 3.54. The molecule has 1 aliphatic heterocycles. The van der Waals surface area contributed by atoms with E-state index in [0.29, 0.717) is 18.0 Å². The zero-order valence-electron chi connectivity index (χ0n) is 11.3. The summed E-state index contributed by atoms with van der Waals surface area (Å²) in [6.07, 6.45) is 2.88. The molecule has 1 fully saturated rings. The smallest absolute Gasteiger partial charge is 0.359 e. The quantitative estimate of drug-likeness (QED) is 0.670. The Hall–Kier alpha value is -2.08. The third-order valence-electron chi connectivity index (χ3n) is 3.54. The molecule has 0 bridgehead atoms. The van der Waals surface area contributed by atoms with Gasteiger partial charge in [-0.15, -0.1) is 0 Å². The predicted octanol–water partition coefficient (Wildman–Crippen LogP) is 2.10. The number of ether oxygens (including phenoxy) is 2. The summed E-state index contributed by atoms with van der Waals surface area (Å²) in [5.41, 5.74) is 7.58. The van der Waals surface area contributed by atoms with Crippen molar-refractivity contribution in [2.75, 3.05) is 19.5 Å². The van der Waals surface area contributed by atoms with Gasteiger partial charge in [-0.2, -0.15) is 5.10 Å². The fourth-order valence-electron chi connectivity index (χ4n) is 2.54. The molecule has 0 aliphatic carbocycles. The van der Waals surface area contributed by atoms with Crippen LogP contribution in [0.1, 0.15) is 36.0 Å². The van der Waals surface area contributed by atoms with Crippen molar-refractivity contribution >= 4 is 22.6 Å². The molecule has 6 nitrogen and oxygen atoms in total. The summed E-state index contributed by atoms with van der Waals surface area (Å²) < 4.78 is 12.3. The number of benzene rings is 1. The second-order valence-electron chi connectivity index (χ2n) is 4.88. The van der Waals surface area contributed by atoms with Crippen LogP contribution >= 0.6 is 0 Å². The van der Waals surface area contributed by atoms with E-state index in [0.717, 1.165) is 30.2 Å². The molecular formula is C14H17N3O3. The molecule has 1 aliphatic rings. The highest BCUT2D eigenvalue weighted by atomic mass is 16.5. The van der Waals surface area contributed by atoms with Crippen molar-refractivity contribution in [2.45, 2.75) is 25.5 Å². The molecule has 2 N–H and O–H groups in total. The van der Waals surface area contributed by atoms with E-state index >= 15 is 0 Å². The van der Waals surface area contributed by atoms with E-state index in [2.05, 4.69) is 5.10 Å². The Balaban J connectivity index is 2.15. The van der Waals surface area contributed by atoms with Crippen molar-refractivity contribution in [1.82, 2.24) is 9.78 Å². The molecule has 1 aromatic heterocycles. The summed E-state index contributed by atoms with van der Waals surface area (Å²) >= 11 is 0. The van der Waals surface area contributed by atoms with Crippen LogP contribution in [-0.4, -0.2) is 29.5 Å². The summed E-state index contributed by atoms with van der Waals surface area (Å²) in [6.45, 7) is 0.710. The van der Waals surface area contributed by atoms with Crippen LogP contribution in [0.25, 0.3) is 10.9 Å². The van der Waals surface area contributed by atoms with Gasteiger partial charge in [0.2, 0.25) is 0 Å². The van der Waals surface area contributed by atoms with Crippen molar-refractivity contribution in [3.05, 3.63) is 23.9 Å². The zero-order chi connectivity index (χ0) is 14.1. The van der Waals surface area contributed by atoms with E-state index in [4.69, 9.17) is 15.2 Å². The van der Waals surface area contributed by atoms with E-state index < -0.39 is 5.97 Å². The molecule has 1 aromatic carbocycles. The van der Waals surface area contributed by atoms with Gasteiger partial charge in [-0.25, -0.2) is 9.48 Å². The van der Waals surface area contributed by atoms with Crippen LogP contribution in [0, 0.1) is 0 Å². The summed E-state index contributed by atoms with van der Waals surface area (Å²) in [5.74, 6) is -0.450. The van der Waals surface area contributed by atoms with Crippen molar-refractivity contribution in [1.29, 1.82) is 0 Å². The number of anilines is 1. The number of aromatic nitrogens is 2. The minimum absolute atomic E-state index is 0.147. The number of methoxy groups -OCH3 is 1. The molecule has 1 saturated heterocycles. The van der Waals surface area contributed by atoms with Crippen LogP contribution in [-0.2, 0) is 9.47 Å². The van der Waals surface area contributed by atoms with Crippen LogP contribution < -0.4 is 5.73 Å². The maximum absolute atomic E-state index is 11.8. The first-order chi connectivity index (χ1) is 9.70. The lowest BCUT2D eigenvalue weighted by molar-refractivity contribution is -0.0369. The summed E-state index contributed by atoms with van der Waals surface area (Å²) in [5, 5.41) is 5.12. The van der Waals surface area contributed by atoms with Gasteiger partial charge in [0.25, 0.3) is 0 Å². The monoisotopic (exact) mass is 275 g/mol. The Morgan fingerprint density at radius 1 is 1.50 bits per heavy atom. The van der Waals surface area contributed by atoms with Crippen LogP contribution in [0.3, 0.4) is 0 Å². The second kappa shape index (κ2) is 5.13. The topological polar surface area (TPSA) is 79.4 Å². The van der Waals surface area contributed by atoms with Gasteiger partial charge in [0.1, 0.15) is 0 Å². The molecule has 0 radical (unpaired) electrons. The van der Waals surface area contributed by atoms with E-state index in [1.165, 1.54) is 7.11 Å². The average molecular weight is 275 g/mol. The highest BCUT2D eigenvalue weighted by Gasteiger charge is 2.24. The molecule has 1 atom stereocenters. The van der Waals surface area contributed by atoms with Crippen molar-refractivity contribution in [3.63, 3.8) is 0 Å². The van der Waals surface area contributed by atoms with Gasteiger partial charge in [0, 0.05) is 17.7 Å². The Labute approximate surface area is 116 Å². The Kier molecular flexibility index (Phi) is 3.31. The Bertz CT molecular complexity index is 644. The number of nitrogens with two attached hydrogens (primary N) is 1. The molecule has 106 valence electrons. The minimum atomic E-state index is -0.450. The molecule has 20 heavy (non-hydrogen) atoms. The van der Waals surface area contributed by atoms with Crippen LogP contribution in [0.5, 0.6) is 0 Å². The number of hydrogen-bond donors (Lipinski definition) is 1. The van der Waals surface area contributed by atoms with Crippen LogP contribution in [0.2, 0.25) is 0 Å². The summed E-state index contributed by atoms with van der Waals surface area (Å²) in [7, 11) is 1.35. The molecule has 0 saturated carbocycles. The van der Waals surface area contributed by atoms with Crippen molar-refractivity contribution in [2.24, 2.45) is 0 Å². The van der Waals surface area contributed by atoms with Gasteiger partial charge in [0.15, 0.2) is 11.9 Å². The van der Waals surface area contributed by atoms with E-state index in [1.807, 2.05) is 6.07 Å². The number of carbonyl (C=O) groups is 1. The molecular weight excluding hydrogens is 258 g/mol. The second-order valence-corrected chi connectivity index (χ2v) is 4.88. The largest absolute Gasteiger partial charge is 0.464 e. The maximum atomic E-state index is 11.8. The highest BCUT2D eigenvalue weighted by Crippen LogP contribution is 2.29. The molecule has 0 amide bonds. The van der Waals surface area contributed by atoms with Crippen LogP contribution in [0.4, 0.5) is 5.69 Å². The van der Waals surface area contributed by atoms with Gasteiger partial charge < -0.3 is 15.2 Å². The zero-order valence-corrected chi connectivity index (χ0v) is 11.3. The van der Waals surface area contributed by atoms with Crippen molar-refractivity contribution in [3.8, 4) is 0 Å². The van der Waals surface area contributed by atoms with E-state index in [1.54, 1.807) is 16.8 Å². The van der Waals surface area contributed by atoms with Gasteiger partial charge in [-0.05, 0) is 37.5 Å². The van der Waals surface area contributed by atoms with E-state index in [9.17, 15) is 4.79 Å². The van der Waals surface area contributed by atoms with Gasteiger partial charge >= 0.3 is 5.97 Å². The van der Waals surface area contributed by atoms with Gasteiger partial charge in [-0.3, -0.25) is 0 Å². The number of hydrogen-bond acceptors (Lipinski definition) is 5. The highest BCUT2D eigenvalue weighted by molar-refractivity contribution is 6.02. The fraction of sp³-hybridized carbons (Fsp3) is 0.429. The molecule has 2 aromatic rings. The molecule has 2 heterocycles. The van der Waals surface area contributed by atoms with Crippen molar-refractivity contribution < 1.29 is 14.3 Å². The SMILES string of the molecule is COC(=O)c1nn(C2CCCCO2)c2cc(N)ccc12. The van der Waals surface area contributed by atoms with E-state index in [-0.39, 0.29) is 6.23 Å². The van der Waals surface area contributed by atoms with Gasteiger partial charge in [0.05, 0.1) is 12.6 Å². The first kappa shape index (κ1) is 12.9. The Morgan fingerprint density at radius 3 is 3.05 bits per heavy atom. The van der Waals surface area contributed by atoms with Crippen LogP contribution in [0.15, 0.2) is 18.2 Å². The van der Waals surface area contributed by atoms with Gasteiger partial charge in [-0.1, -0.05) is 0 Å². The normalized spacial score (nSPS) is 19.1. The lowest BCUT2D eigenvalue weighted by Gasteiger charge is -2.23. The number of esters is 1. The minimum Gasteiger partial charge on any atom is -0.464 e. The number of rotatable bonds is 2. The molecule has 1 unspecified atom stereocenters. The average Bonchev–Trinajstić information content (AvgIpc) is 2.86. The molecule has 3 rings (SSSR count). The first-order valence-corrected chi connectivity index (χ1v) is 6.68. The summed E-state index contributed by atoms with van der Waals surface area (Å²) in [6, 6.07) is 5.36. The third kappa shape index (κ3) is 2.12. The standard InChI is InChI=1S/C14H17N3O3/c1-19-14(18)13-10-6-5-9(15)8-11(10)17(16-13)12-4-2-3-7-20-12/h5-6,8,12H,2-4,7,15H2,1H3. The summed E-state index contributed by atoms with van der Waals surface area (Å²) in [4.78, 5) is 11.8.